The Balaban J connectivity index is 1.12. The molecule has 0 aromatic heterocycles. The summed E-state index contributed by atoms with van der Waals surface area (Å²) in [6.45, 7) is 2.98. The van der Waals surface area contributed by atoms with Crippen molar-refractivity contribution in [1.29, 1.82) is 0 Å². The van der Waals surface area contributed by atoms with Crippen molar-refractivity contribution in [3.05, 3.63) is 29.8 Å². The molecular formula is C25H35BrN2O2. The van der Waals surface area contributed by atoms with E-state index in [9.17, 15) is 4.79 Å². The molecule has 6 rings (SSSR count). The average molecular weight is 475 g/mol. The quantitative estimate of drug-likeness (QED) is 0.596. The topological polar surface area (TPSA) is 41.6 Å². The van der Waals surface area contributed by atoms with Crippen molar-refractivity contribution >= 4 is 21.8 Å². The van der Waals surface area contributed by atoms with Gasteiger partial charge >= 0.3 is 0 Å². The predicted molar refractivity (Wildman–Crippen MR) is 123 cm³/mol. The van der Waals surface area contributed by atoms with E-state index in [-0.39, 0.29) is 5.41 Å². The number of ether oxygens (including phenoxy) is 1. The first-order valence-electron chi connectivity index (χ1n) is 11.8. The minimum absolute atomic E-state index is 0.266. The zero-order chi connectivity index (χ0) is 20.8. The van der Waals surface area contributed by atoms with Crippen LogP contribution in [0.5, 0.6) is 5.75 Å². The number of benzene rings is 1. The summed E-state index contributed by atoms with van der Waals surface area (Å²) in [4.78, 5) is 15.5. The molecule has 30 heavy (non-hydrogen) atoms. The number of alkyl halides is 1. The van der Waals surface area contributed by atoms with Crippen LogP contribution in [-0.2, 0) is 11.3 Å². The number of hydrogen-bond acceptors (Lipinski definition) is 3. The molecule has 5 aliphatic rings. The van der Waals surface area contributed by atoms with Gasteiger partial charge in [0.05, 0.1) is 7.11 Å². The van der Waals surface area contributed by atoms with Gasteiger partial charge in [-0.3, -0.25) is 9.69 Å². The van der Waals surface area contributed by atoms with Crippen LogP contribution in [0.4, 0.5) is 0 Å². The van der Waals surface area contributed by atoms with Crippen LogP contribution in [0, 0.1) is 17.3 Å². The highest BCUT2D eigenvalue weighted by Crippen LogP contribution is 2.65. The largest absolute Gasteiger partial charge is 0.496 e. The van der Waals surface area contributed by atoms with Crippen LogP contribution in [0.15, 0.2) is 24.3 Å². The summed E-state index contributed by atoms with van der Waals surface area (Å²) >= 11 is 4.08. The summed E-state index contributed by atoms with van der Waals surface area (Å²) in [5.41, 5.74) is 1.51. The second-order valence-corrected chi connectivity index (χ2v) is 12.4. The van der Waals surface area contributed by atoms with E-state index in [1.165, 1.54) is 44.1 Å². The fourth-order valence-corrected chi connectivity index (χ4v) is 8.98. The minimum Gasteiger partial charge on any atom is -0.496 e. The van der Waals surface area contributed by atoms with Crippen LogP contribution in [0.25, 0.3) is 0 Å². The molecule has 5 fully saturated rings. The normalized spacial score (nSPS) is 36.1. The van der Waals surface area contributed by atoms with Crippen LogP contribution in [0.2, 0.25) is 0 Å². The summed E-state index contributed by atoms with van der Waals surface area (Å²) in [7, 11) is 1.74. The molecule has 0 radical (unpaired) electrons. The maximum Gasteiger partial charge on any atom is 0.220 e. The second kappa shape index (κ2) is 8.12. The first-order chi connectivity index (χ1) is 14.4. The number of rotatable bonds is 6. The van der Waals surface area contributed by atoms with Gasteiger partial charge in [-0.1, -0.05) is 34.1 Å². The van der Waals surface area contributed by atoms with Crippen LogP contribution in [0.1, 0.15) is 63.4 Å². The standard InChI is InChI=1S/C25H35BrN2O2/c1-30-22-5-3-2-4-20(22)16-28-8-6-21(7-9-28)27-23(29)15-24-11-18-10-19(12-24)14-25(26,13-18)17-24/h2-5,18-19,21H,6-17H2,1H3,(H,27,29). The molecule has 2 atom stereocenters. The third-order valence-corrected chi connectivity index (χ3v) is 9.11. The van der Waals surface area contributed by atoms with Gasteiger partial charge in [0.15, 0.2) is 0 Å². The van der Waals surface area contributed by atoms with E-state index in [0.29, 0.717) is 16.3 Å². The number of para-hydroxylation sites is 1. The Labute approximate surface area is 189 Å². The molecule has 1 amide bonds. The molecule has 1 N–H and O–H groups in total. The van der Waals surface area contributed by atoms with Crippen LogP contribution < -0.4 is 10.1 Å². The van der Waals surface area contributed by atoms with E-state index in [1.807, 2.05) is 12.1 Å². The number of amides is 1. The number of nitrogens with one attached hydrogen (secondary N) is 1. The van der Waals surface area contributed by atoms with Gasteiger partial charge in [-0.2, -0.15) is 0 Å². The second-order valence-electron chi connectivity index (χ2n) is 10.7. The van der Waals surface area contributed by atoms with Crippen LogP contribution >= 0.6 is 15.9 Å². The predicted octanol–water partition coefficient (Wildman–Crippen LogP) is 4.90. The zero-order valence-corrected chi connectivity index (χ0v) is 19.8. The number of nitrogens with zero attached hydrogens (tertiary/aromatic N) is 1. The first-order valence-corrected chi connectivity index (χ1v) is 12.6. The highest BCUT2D eigenvalue weighted by atomic mass is 79.9. The fourth-order valence-electron chi connectivity index (χ4n) is 7.47. The van der Waals surface area contributed by atoms with E-state index in [0.717, 1.165) is 56.5 Å². The van der Waals surface area contributed by atoms with E-state index >= 15 is 0 Å². The van der Waals surface area contributed by atoms with Crippen molar-refractivity contribution in [2.45, 2.75) is 74.7 Å². The lowest BCUT2D eigenvalue weighted by Crippen LogP contribution is -2.54. The summed E-state index contributed by atoms with van der Waals surface area (Å²) in [5.74, 6) is 2.96. The Morgan fingerprint density at radius 1 is 1.17 bits per heavy atom. The smallest absolute Gasteiger partial charge is 0.220 e. The Hall–Kier alpha value is -1.07. The summed E-state index contributed by atoms with van der Waals surface area (Å²) < 4.78 is 5.83. The Morgan fingerprint density at radius 2 is 1.87 bits per heavy atom. The maximum atomic E-state index is 13.0. The maximum absolute atomic E-state index is 13.0. The molecule has 2 unspecified atom stereocenters. The molecule has 1 aromatic carbocycles. The lowest BCUT2D eigenvalue weighted by Gasteiger charge is -2.60. The highest BCUT2D eigenvalue weighted by Gasteiger charge is 2.57. The van der Waals surface area contributed by atoms with Gasteiger partial charge in [0, 0.05) is 42.0 Å². The van der Waals surface area contributed by atoms with E-state index in [1.54, 1.807) is 7.11 Å². The summed E-state index contributed by atoms with van der Waals surface area (Å²) in [5, 5.41) is 3.41. The molecule has 4 bridgehead atoms. The monoisotopic (exact) mass is 474 g/mol. The lowest BCUT2D eigenvalue weighted by molar-refractivity contribution is -0.129. The Kier molecular flexibility index (Phi) is 5.64. The molecule has 0 spiro atoms. The third kappa shape index (κ3) is 4.29. The lowest BCUT2D eigenvalue weighted by atomic mass is 9.48. The average Bonchev–Trinajstić information content (AvgIpc) is 2.67. The first kappa shape index (κ1) is 20.8. The number of hydrogen-bond donors (Lipinski definition) is 1. The molecule has 1 heterocycles. The molecule has 1 aliphatic heterocycles. The molecule has 4 saturated carbocycles. The van der Waals surface area contributed by atoms with Gasteiger partial charge in [0.25, 0.3) is 0 Å². The summed E-state index contributed by atoms with van der Waals surface area (Å²) in [6.07, 6.45) is 10.7. The highest BCUT2D eigenvalue weighted by molar-refractivity contribution is 9.10. The summed E-state index contributed by atoms with van der Waals surface area (Å²) in [6, 6.07) is 8.61. The Morgan fingerprint density at radius 3 is 2.53 bits per heavy atom. The third-order valence-electron chi connectivity index (χ3n) is 8.19. The van der Waals surface area contributed by atoms with Crippen molar-refractivity contribution in [3.63, 3.8) is 0 Å². The van der Waals surface area contributed by atoms with Gasteiger partial charge in [-0.25, -0.2) is 0 Å². The van der Waals surface area contributed by atoms with Crippen molar-refractivity contribution < 1.29 is 9.53 Å². The number of carbonyl (C=O) groups is 1. The van der Waals surface area contributed by atoms with Gasteiger partial charge in [-0.05, 0) is 74.7 Å². The number of halogens is 1. The molecule has 4 nitrogen and oxygen atoms in total. The van der Waals surface area contributed by atoms with E-state index in [4.69, 9.17) is 4.74 Å². The number of likely N-dealkylation sites (tertiary alicyclic amines) is 1. The van der Waals surface area contributed by atoms with E-state index in [2.05, 4.69) is 38.3 Å². The van der Waals surface area contributed by atoms with Crippen molar-refractivity contribution in [2.75, 3.05) is 20.2 Å². The van der Waals surface area contributed by atoms with Gasteiger partial charge in [0.1, 0.15) is 5.75 Å². The molecule has 164 valence electrons. The van der Waals surface area contributed by atoms with Crippen molar-refractivity contribution in [1.82, 2.24) is 10.2 Å². The van der Waals surface area contributed by atoms with Crippen LogP contribution in [0.3, 0.4) is 0 Å². The van der Waals surface area contributed by atoms with Gasteiger partial charge in [0.2, 0.25) is 5.91 Å². The number of methoxy groups -OCH3 is 1. The van der Waals surface area contributed by atoms with Crippen LogP contribution in [-0.4, -0.2) is 41.4 Å². The molecule has 1 aromatic rings. The molecule has 5 heteroatoms. The number of piperidine rings is 1. The molecule has 1 saturated heterocycles. The Bertz CT molecular complexity index is 775. The van der Waals surface area contributed by atoms with E-state index < -0.39 is 0 Å². The molecular weight excluding hydrogens is 440 g/mol. The van der Waals surface area contributed by atoms with Crippen molar-refractivity contribution in [2.24, 2.45) is 17.3 Å². The fraction of sp³-hybridized carbons (Fsp3) is 0.720. The minimum atomic E-state index is 0.266. The van der Waals surface area contributed by atoms with Gasteiger partial charge in [-0.15, -0.1) is 0 Å². The SMILES string of the molecule is COc1ccccc1CN1CCC(NC(=O)CC23CC4CC(CC(Br)(C4)C2)C3)CC1. The van der Waals surface area contributed by atoms with Crippen molar-refractivity contribution in [3.8, 4) is 5.75 Å². The number of carbonyl (C=O) groups excluding carboxylic acids is 1. The van der Waals surface area contributed by atoms with Gasteiger partial charge < -0.3 is 10.1 Å². The zero-order valence-electron chi connectivity index (χ0n) is 18.2. The molecule has 4 aliphatic carbocycles.